The van der Waals surface area contributed by atoms with Gasteiger partial charge in [-0.1, -0.05) is 42.0 Å². The Balaban J connectivity index is 1.66. The molecule has 0 spiro atoms. The van der Waals surface area contributed by atoms with Crippen LogP contribution < -0.4 is 5.73 Å². The van der Waals surface area contributed by atoms with Crippen LogP contribution >= 0.6 is 11.3 Å². The van der Waals surface area contributed by atoms with E-state index >= 15 is 0 Å². The van der Waals surface area contributed by atoms with E-state index in [0.717, 1.165) is 29.9 Å². The van der Waals surface area contributed by atoms with E-state index in [1.807, 2.05) is 23.8 Å². The first-order valence-corrected chi connectivity index (χ1v) is 11.2. The first-order chi connectivity index (χ1) is 15.6. The Bertz CT molecular complexity index is 1290. The number of halogens is 3. The van der Waals surface area contributed by atoms with E-state index in [0.29, 0.717) is 28.4 Å². The summed E-state index contributed by atoms with van der Waals surface area (Å²) in [6.45, 7) is 4.51. The van der Waals surface area contributed by atoms with Gasteiger partial charge in [-0.25, -0.2) is 4.98 Å². The molecule has 170 valence electrons. The molecule has 2 aromatic heterocycles. The molecule has 0 aliphatic carbocycles. The third kappa shape index (κ3) is 4.85. The molecule has 0 saturated carbocycles. The van der Waals surface area contributed by atoms with Gasteiger partial charge in [-0.3, -0.25) is 4.79 Å². The summed E-state index contributed by atoms with van der Waals surface area (Å²) < 4.78 is 40.6. The number of amides is 1. The molecule has 2 N–H and O–H groups in total. The molecule has 0 radical (unpaired) electrons. The predicted molar refractivity (Wildman–Crippen MR) is 124 cm³/mol. The van der Waals surface area contributed by atoms with Crippen molar-refractivity contribution in [1.82, 2.24) is 9.55 Å². The maximum atomic E-state index is 12.9. The lowest BCUT2D eigenvalue weighted by atomic mass is 10.1. The molecule has 4 rings (SSSR count). The lowest BCUT2D eigenvalue weighted by Gasteiger charge is -2.11. The molecule has 2 heterocycles. The minimum atomic E-state index is -4.38. The van der Waals surface area contributed by atoms with Crippen LogP contribution in [0.3, 0.4) is 0 Å². The normalized spacial score (nSPS) is 11.7. The Kier molecular flexibility index (Phi) is 6.12. The SMILES string of the molecule is Cc1ccc(CCn2c(-c3csc(-c4ccc(C(F)(F)F)cc4)n3)cc(C(N)=O)c2C)cc1. The summed E-state index contributed by atoms with van der Waals surface area (Å²) in [7, 11) is 0. The van der Waals surface area contributed by atoms with Crippen molar-refractivity contribution in [3.8, 4) is 22.0 Å². The standard InChI is InChI=1S/C25H22F3N3OS/c1-15-3-5-17(6-4-15)11-12-31-16(2)20(23(29)32)13-22(31)21-14-33-24(30-21)18-7-9-19(10-8-18)25(26,27)28/h3-10,13-14H,11-12H2,1-2H3,(H2,29,32). The summed E-state index contributed by atoms with van der Waals surface area (Å²) in [5.74, 6) is -0.513. The van der Waals surface area contributed by atoms with E-state index in [-0.39, 0.29) is 0 Å². The summed E-state index contributed by atoms with van der Waals surface area (Å²) in [6.07, 6.45) is -3.62. The summed E-state index contributed by atoms with van der Waals surface area (Å²) in [5, 5.41) is 2.44. The number of hydrogen-bond acceptors (Lipinski definition) is 3. The molecule has 0 fully saturated rings. The Labute approximate surface area is 193 Å². The number of aryl methyl sites for hydroxylation is 2. The second-order valence-corrected chi connectivity index (χ2v) is 8.75. The molecule has 0 aliphatic heterocycles. The van der Waals surface area contributed by atoms with Crippen molar-refractivity contribution < 1.29 is 18.0 Å². The van der Waals surface area contributed by atoms with E-state index in [4.69, 9.17) is 5.73 Å². The van der Waals surface area contributed by atoms with Gasteiger partial charge in [-0.15, -0.1) is 11.3 Å². The van der Waals surface area contributed by atoms with Gasteiger partial charge in [-0.05, 0) is 44.0 Å². The number of aromatic nitrogens is 2. The highest BCUT2D eigenvalue weighted by Gasteiger charge is 2.30. The van der Waals surface area contributed by atoms with Gasteiger partial charge in [0.2, 0.25) is 0 Å². The monoisotopic (exact) mass is 469 g/mol. The van der Waals surface area contributed by atoms with E-state index in [1.54, 1.807) is 6.07 Å². The first-order valence-electron chi connectivity index (χ1n) is 10.3. The summed E-state index contributed by atoms with van der Waals surface area (Å²) in [6, 6.07) is 15.0. The number of nitrogens with two attached hydrogens (primary N) is 1. The van der Waals surface area contributed by atoms with Crippen LogP contribution in [0.2, 0.25) is 0 Å². The second kappa shape index (κ2) is 8.86. The fourth-order valence-electron chi connectivity index (χ4n) is 3.72. The number of alkyl halides is 3. The van der Waals surface area contributed by atoms with Crippen molar-refractivity contribution in [2.75, 3.05) is 0 Å². The quantitative estimate of drug-likeness (QED) is 0.363. The zero-order chi connectivity index (χ0) is 23.8. The number of carbonyl (C=O) groups excluding carboxylic acids is 1. The van der Waals surface area contributed by atoms with Gasteiger partial charge < -0.3 is 10.3 Å². The number of benzene rings is 2. The summed E-state index contributed by atoms with van der Waals surface area (Å²) in [5.41, 5.74) is 10.4. The van der Waals surface area contributed by atoms with Crippen molar-refractivity contribution in [2.45, 2.75) is 33.0 Å². The van der Waals surface area contributed by atoms with E-state index < -0.39 is 17.6 Å². The Morgan fingerprint density at radius 2 is 1.73 bits per heavy atom. The highest BCUT2D eigenvalue weighted by molar-refractivity contribution is 7.13. The van der Waals surface area contributed by atoms with Gasteiger partial charge in [0, 0.05) is 23.2 Å². The molecular formula is C25H22F3N3OS. The molecule has 8 heteroatoms. The van der Waals surface area contributed by atoms with Crippen LogP contribution in [-0.2, 0) is 19.1 Å². The molecule has 0 unspecified atom stereocenters. The van der Waals surface area contributed by atoms with Gasteiger partial charge >= 0.3 is 6.18 Å². The topological polar surface area (TPSA) is 60.9 Å². The van der Waals surface area contributed by atoms with Crippen molar-refractivity contribution in [1.29, 1.82) is 0 Å². The van der Waals surface area contributed by atoms with Crippen LogP contribution in [0, 0.1) is 13.8 Å². The van der Waals surface area contributed by atoms with Crippen molar-refractivity contribution in [3.63, 3.8) is 0 Å². The molecule has 0 atom stereocenters. The van der Waals surface area contributed by atoms with Crippen LogP contribution in [0.25, 0.3) is 22.0 Å². The fourth-order valence-corrected chi connectivity index (χ4v) is 4.54. The number of nitrogens with zero attached hydrogens (tertiary/aromatic N) is 2. The maximum absolute atomic E-state index is 12.9. The number of primary amides is 1. The van der Waals surface area contributed by atoms with Crippen LogP contribution in [0.1, 0.15) is 32.7 Å². The van der Waals surface area contributed by atoms with E-state index in [9.17, 15) is 18.0 Å². The minimum Gasteiger partial charge on any atom is -0.366 e. The first kappa shape index (κ1) is 22.8. The van der Waals surface area contributed by atoms with Gasteiger partial charge in [0.15, 0.2) is 0 Å². The van der Waals surface area contributed by atoms with Crippen LogP contribution in [0.5, 0.6) is 0 Å². The lowest BCUT2D eigenvalue weighted by Crippen LogP contribution is -2.13. The third-order valence-corrected chi connectivity index (χ3v) is 6.49. The van der Waals surface area contributed by atoms with Crippen LogP contribution in [0.4, 0.5) is 13.2 Å². The zero-order valence-electron chi connectivity index (χ0n) is 18.1. The number of rotatable bonds is 6. The van der Waals surface area contributed by atoms with Gasteiger partial charge in [0.1, 0.15) is 5.01 Å². The fraction of sp³-hybridized carbons (Fsp3) is 0.200. The molecule has 4 nitrogen and oxygen atoms in total. The molecule has 0 aliphatic rings. The van der Waals surface area contributed by atoms with Crippen LogP contribution in [0.15, 0.2) is 60.0 Å². The highest BCUT2D eigenvalue weighted by atomic mass is 32.1. The Hall–Kier alpha value is -3.39. The number of carbonyl (C=O) groups is 1. The third-order valence-electron chi connectivity index (χ3n) is 5.60. The van der Waals surface area contributed by atoms with Crippen LogP contribution in [-0.4, -0.2) is 15.5 Å². The molecule has 0 bridgehead atoms. The highest BCUT2D eigenvalue weighted by Crippen LogP contribution is 2.34. The number of thiazole rings is 1. The molecule has 4 aromatic rings. The van der Waals surface area contributed by atoms with E-state index in [1.165, 1.54) is 34.6 Å². The molecule has 0 saturated heterocycles. The van der Waals surface area contributed by atoms with Gasteiger partial charge in [0.25, 0.3) is 5.91 Å². The lowest BCUT2D eigenvalue weighted by molar-refractivity contribution is -0.137. The largest absolute Gasteiger partial charge is 0.416 e. The van der Waals surface area contributed by atoms with Gasteiger partial charge in [-0.2, -0.15) is 13.2 Å². The van der Waals surface area contributed by atoms with Gasteiger partial charge in [0.05, 0.1) is 22.5 Å². The molecule has 2 aromatic carbocycles. The van der Waals surface area contributed by atoms with Crippen molar-refractivity contribution in [3.05, 3.63) is 87.9 Å². The second-order valence-electron chi connectivity index (χ2n) is 7.89. The molecular weight excluding hydrogens is 447 g/mol. The minimum absolute atomic E-state index is 0.429. The smallest absolute Gasteiger partial charge is 0.366 e. The molecule has 33 heavy (non-hydrogen) atoms. The predicted octanol–water partition coefficient (Wildman–Crippen LogP) is 6.26. The summed E-state index contributed by atoms with van der Waals surface area (Å²) in [4.78, 5) is 16.6. The maximum Gasteiger partial charge on any atom is 0.416 e. The zero-order valence-corrected chi connectivity index (χ0v) is 18.9. The Morgan fingerprint density at radius 1 is 1.06 bits per heavy atom. The van der Waals surface area contributed by atoms with Crippen molar-refractivity contribution in [2.24, 2.45) is 5.73 Å². The van der Waals surface area contributed by atoms with Crippen molar-refractivity contribution >= 4 is 17.2 Å². The summed E-state index contributed by atoms with van der Waals surface area (Å²) >= 11 is 1.34. The molecule has 1 amide bonds. The van der Waals surface area contributed by atoms with E-state index in [2.05, 4.69) is 29.2 Å². The Morgan fingerprint density at radius 3 is 2.33 bits per heavy atom. The average molecular weight is 470 g/mol. The number of hydrogen-bond donors (Lipinski definition) is 1. The average Bonchev–Trinajstić information content (AvgIpc) is 3.38.